The van der Waals surface area contributed by atoms with Crippen molar-refractivity contribution in [2.75, 3.05) is 0 Å². The minimum atomic E-state index is -1.77. The predicted molar refractivity (Wildman–Crippen MR) is 166 cm³/mol. The van der Waals surface area contributed by atoms with Crippen LogP contribution in [0.2, 0.25) is 12.6 Å². The van der Waals surface area contributed by atoms with Crippen LogP contribution in [0.25, 0.3) is 10.8 Å². The summed E-state index contributed by atoms with van der Waals surface area (Å²) in [7, 11) is -1.77. The fraction of sp³-hybridized carbons (Fsp3) is 0.571. The van der Waals surface area contributed by atoms with Crippen LogP contribution in [0.15, 0.2) is 60.7 Å². The van der Waals surface area contributed by atoms with Gasteiger partial charge in [-0.15, -0.1) is 45.8 Å². The van der Waals surface area contributed by atoms with E-state index in [0.29, 0.717) is 0 Å². The van der Waals surface area contributed by atoms with Gasteiger partial charge in [0.1, 0.15) is 0 Å². The van der Waals surface area contributed by atoms with E-state index in [1.165, 1.54) is 125 Å². The van der Waals surface area contributed by atoms with E-state index in [2.05, 4.69) is 81.1 Å². The van der Waals surface area contributed by atoms with Crippen molar-refractivity contribution in [3.05, 3.63) is 66.2 Å². The zero-order valence-electron chi connectivity index (χ0n) is 25.4. The Kier molecular flexibility index (Phi) is 25.5. The molecular formula is C35H53Cl3SiTi. The molecule has 222 valence electrons. The second-order valence-electron chi connectivity index (χ2n) is 11.5. The number of halogens is 3. The van der Waals surface area contributed by atoms with Crippen LogP contribution in [0.5, 0.6) is 0 Å². The first-order chi connectivity index (χ1) is 17.7. The van der Waals surface area contributed by atoms with E-state index in [9.17, 15) is 0 Å². The number of unbranched alkanes of at least 4 members (excludes halogenated alkanes) is 15. The number of benzene rings is 2. The third kappa shape index (κ3) is 13.4. The van der Waals surface area contributed by atoms with Gasteiger partial charge in [-0.05, 0) is 0 Å². The van der Waals surface area contributed by atoms with Crippen LogP contribution in [0.4, 0.5) is 0 Å². The fourth-order valence-corrected chi connectivity index (χ4v) is 10.8. The van der Waals surface area contributed by atoms with Gasteiger partial charge in [0.2, 0.25) is 0 Å². The molecule has 3 aromatic carbocycles. The summed E-state index contributed by atoms with van der Waals surface area (Å²) in [6.07, 6.45) is 23.0. The van der Waals surface area contributed by atoms with Gasteiger partial charge in [0.15, 0.2) is 0 Å². The molecule has 40 heavy (non-hydrogen) atoms. The van der Waals surface area contributed by atoms with Gasteiger partial charge in [-0.3, -0.25) is 0 Å². The second-order valence-corrected chi connectivity index (χ2v) is 15.8. The van der Waals surface area contributed by atoms with E-state index in [-0.39, 0.29) is 58.9 Å². The molecule has 0 radical (unpaired) electrons. The molecule has 0 amide bonds. The molecule has 0 spiro atoms. The molecule has 0 fully saturated rings. The average Bonchev–Trinajstić information content (AvgIpc) is 3.25. The quantitative estimate of drug-likeness (QED) is 0.104. The predicted octanol–water partition coefficient (Wildman–Crippen LogP) is 1.33. The largest absolute Gasteiger partial charge is 4.00 e. The molecule has 1 atom stereocenters. The van der Waals surface area contributed by atoms with E-state index in [4.69, 9.17) is 0 Å². The van der Waals surface area contributed by atoms with Crippen molar-refractivity contribution in [2.45, 2.75) is 129 Å². The molecule has 0 heterocycles. The Morgan fingerprint density at radius 2 is 1.00 bits per heavy atom. The van der Waals surface area contributed by atoms with Crippen LogP contribution in [0, 0.1) is 6.92 Å². The van der Waals surface area contributed by atoms with Gasteiger partial charge < -0.3 is 37.2 Å². The normalized spacial score (nSPS) is 12.0. The van der Waals surface area contributed by atoms with Crippen molar-refractivity contribution in [2.24, 2.45) is 0 Å². The molecule has 3 aromatic rings. The van der Waals surface area contributed by atoms with Gasteiger partial charge in [-0.2, -0.15) is 0 Å². The molecule has 3 rings (SSSR count). The SMILES string of the molecule is CCCCCCCCCCCCCCCCCC[Si](C)(c1ccccc1)c1c(C)[cH-]c2ccccc12.[Cl-].[Cl-].[Cl-].[Ti+4]. The number of fused-ring (bicyclic) bond motifs is 1. The Morgan fingerprint density at radius 1 is 0.575 bits per heavy atom. The molecule has 0 aliphatic heterocycles. The summed E-state index contributed by atoms with van der Waals surface area (Å²) in [4.78, 5) is 0. The van der Waals surface area contributed by atoms with E-state index in [1.54, 1.807) is 10.4 Å². The molecule has 5 heteroatoms. The number of aryl methyl sites for hydroxylation is 1. The molecule has 0 saturated heterocycles. The summed E-state index contributed by atoms with van der Waals surface area (Å²) < 4.78 is 0. The first-order valence-electron chi connectivity index (χ1n) is 15.4. The van der Waals surface area contributed by atoms with Crippen molar-refractivity contribution in [1.29, 1.82) is 0 Å². The van der Waals surface area contributed by atoms with Gasteiger partial charge in [-0.1, -0.05) is 171 Å². The van der Waals surface area contributed by atoms with Gasteiger partial charge in [0.25, 0.3) is 0 Å². The monoisotopic (exact) mass is 654 g/mol. The van der Waals surface area contributed by atoms with Crippen molar-refractivity contribution in [1.82, 2.24) is 0 Å². The van der Waals surface area contributed by atoms with Crippen LogP contribution < -0.4 is 47.6 Å². The van der Waals surface area contributed by atoms with E-state index in [1.807, 2.05) is 0 Å². The van der Waals surface area contributed by atoms with Crippen molar-refractivity contribution in [3.8, 4) is 0 Å². The molecule has 0 aromatic heterocycles. The van der Waals surface area contributed by atoms with Crippen molar-refractivity contribution < 1.29 is 58.9 Å². The second kappa shape index (κ2) is 24.3. The number of rotatable bonds is 19. The number of hydrogen-bond donors (Lipinski definition) is 0. The average molecular weight is 656 g/mol. The fourth-order valence-electron chi connectivity index (χ4n) is 6.35. The molecule has 0 aliphatic carbocycles. The van der Waals surface area contributed by atoms with Crippen molar-refractivity contribution >= 4 is 29.2 Å². The van der Waals surface area contributed by atoms with Gasteiger partial charge in [-0.25, -0.2) is 0 Å². The van der Waals surface area contributed by atoms with Gasteiger partial charge in [0.05, 0.1) is 8.07 Å². The topological polar surface area (TPSA) is 0 Å². The summed E-state index contributed by atoms with van der Waals surface area (Å²) in [5.74, 6) is 0. The van der Waals surface area contributed by atoms with Crippen LogP contribution >= 0.6 is 0 Å². The summed E-state index contributed by atoms with van der Waals surface area (Å²) in [5.41, 5.74) is 1.51. The minimum Gasteiger partial charge on any atom is -1.00 e. The van der Waals surface area contributed by atoms with E-state index in [0.717, 1.165) is 0 Å². The first kappa shape index (κ1) is 42.0. The van der Waals surface area contributed by atoms with E-state index >= 15 is 0 Å². The summed E-state index contributed by atoms with van der Waals surface area (Å²) in [6, 6.07) is 24.3. The molecule has 0 bridgehead atoms. The minimum absolute atomic E-state index is 0. The Bertz CT molecular complexity index is 991. The smallest absolute Gasteiger partial charge is 1.00 e. The van der Waals surface area contributed by atoms with E-state index < -0.39 is 8.07 Å². The zero-order chi connectivity index (χ0) is 25.5. The molecule has 0 saturated carbocycles. The van der Waals surface area contributed by atoms with Gasteiger partial charge in [0, 0.05) is 0 Å². The number of hydrogen-bond acceptors (Lipinski definition) is 0. The molecular weight excluding hydrogens is 603 g/mol. The molecule has 1 unspecified atom stereocenters. The Labute approximate surface area is 281 Å². The van der Waals surface area contributed by atoms with Crippen LogP contribution in [-0.2, 0) is 21.7 Å². The maximum atomic E-state index is 2.63. The molecule has 0 N–H and O–H groups in total. The standard InChI is InChI=1S/C35H53Si.3ClH.Ti/c1-4-5-6-7-8-9-10-11-12-13-14-15-16-17-18-24-29-36(3,33-26-20-19-21-27-33)35-31(2)30-32-25-22-23-28-34(32)35;;;;/h19-23,25-28,30H,4-18,24,29H2,1-3H3;3*1H;/q-1;;;;+4/p-3. The van der Waals surface area contributed by atoms with Crippen molar-refractivity contribution in [3.63, 3.8) is 0 Å². The summed E-state index contributed by atoms with van der Waals surface area (Å²) >= 11 is 0. The zero-order valence-corrected chi connectivity index (χ0v) is 30.3. The molecule has 0 aliphatic rings. The maximum Gasteiger partial charge on any atom is 4.00 e. The van der Waals surface area contributed by atoms with Crippen LogP contribution in [0.3, 0.4) is 0 Å². The first-order valence-corrected chi connectivity index (χ1v) is 18.1. The Hall–Kier alpha value is -0.149. The summed E-state index contributed by atoms with van der Waals surface area (Å²) in [5, 5.41) is 6.21. The Balaban J connectivity index is 0. The van der Waals surface area contributed by atoms with Gasteiger partial charge >= 0.3 is 21.7 Å². The van der Waals surface area contributed by atoms with Crippen LogP contribution in [-0.4, -0.2) is 8.07 Å². The Morgan fingerprint density at radius 3 is 1.50 bits per heavy atom. The van der Waals surface area contributed by atoms with Crippen LogP contribution in [0.1, 0.15) is 115 Å². The third-order valence-corrected chi connectivity index (χ3v) is 13.2. The third-order valence-electron chi connectivity index (χ3n) is 8.49. The molecule has 0 nitrogen and oxygen atoms in total. The maximum absolute atomic E-state index is 2.63. The summed E-state index contributed by atoms with van der Waals surface area (Å²) in [6.45, 7) is 7.27.